The monoisotopic (exact) mass is 425 g/mol. The fourth-order valence-electron chi connectivity index (χ4n) is 4.02. The van der Waals surface area contributed by atoms with Crippen LogP contribution in [0.1, 0.15) is 18.7 Å². The van der Waals surface area contributed by atoms with Crippen molar-refractivity contribution in [3.8, 4) is 11.3 Å². The van der Waals surface area contributed by atoms with Crippen molar-refractivity contribution in [3.63, 3.8) is 0 Å². The molecule has 8 nitrogen and oxygen atoms in total. The molecule has 0 atom stereocenters. The molecule has 0 spiro atoms. The van der Waals surface area contributed by atoms with E-state index in [0.29, 0.717) is 40.5 Å². The summed E-state index contributed by atoms with van der Waals surface area (Å²) in [6, 6.07) is 5.47. The van der Waals surface area contributed by atoms with E-state index in [1.54, 1.807) is 29.9 Å². The number of hydrogen-bond acceptors (Lipinski definition) is 6. The Bertz CT molecular complexity index is 1270. The summed E-state index contributed by atoms with van der Waals surface area (Å²) in [7, 11) is 0. The summed E-state index contributed by atoms with van der Waals surface area (Å²) >= 11 is 0. The number of imidazole rings is 1. The van der Waals surface area contributed by atoms with Crippen LogP contribution in [0.2, 0.25) is 0 Å². The van der Waals surface area contributed by atoms with Gasteiger partial charge < -0.3 is 9.67 Å². The van der Waals surface area contributed by atoms with Gasteiger partial charge in [0.1, 0.15) is 11.3 Å². The summed E-state index contributed by atoms with van der Waals surface area (Å²) in [5.74, 6) is 1.59. The van der Waals surface area contributed by atoms with Crippen LogP contribution >= 0.6 is 0 Å². The lowest BCUT2D eigenvalue weighted by atomic mass is 9.76. The summed E-state index contributed by atoms with van der Waals surface area (Å²) in [5, 5.41) is 13.5. The highest BCUT2D eigenvalue weighted by Gasteiger charge is 2.26. The van der Waals surface area contributed by atoms with E-state index >= 15 is 0 Å². The van der Waals surface area contributed by atoms with Gasteiger partial charge in [0.05, 0.1) is 24.0 Å². The van der Waals surface area contributed by atoms with Crippen LogP contribution in [0.25, 0.3) is 27.9 Å². The minimum atomic E-state index is -2.49. The van der Waals surface area contributed by atoms with Gasteiger partial charge in [-0.05, 0) is 49.8 Å². The molecular formula is C21H21F2N7O. The van der Waals surface area contributed by atoms with Gasteiger partial charge in [-0.2, -0.15) is 0 Å². The molecule has 5 rings (SSSR count). The van der Waals surface area contributed by atoms with Crippen molar-refractivity contribution in [1.82, 2.24) is 29.1 Å². The molecule has 31 heavy (non-hydrogen) atoms. The molecule has 4 heterocycles. The number of aromatic nitrogens is 6. The lowest BCUT2D eigenvalue weighted by Gasteiger charge is -2.30. The topological polar surface area (TPSA) is 93.5 Å². The lowest BCUT2D eigenvalue weighted by molar-refractivity contribution is 0.127. The van der Waals surface area contributed by atoms with Gasteiger partial charge in [0.2, 0.25) is 0 Å². The number of aliphatic hydroxyl groups excluding tert-OH is 1. The molecule has 1 fully saturated rings. The Hall–Kier alpha value is -3.27. The summed E-state index contributed by atoms with van der Waals surface area (Å²) in [6.45, 7) is 1.47. The first kappa shape index (κ1) is 19.7. The Morgan fingerprint density at radius 3 is 2.87 bits per heavy atom. The van der Waals surface area contributed by atoms with Gasteiger partial charge in [0.25, 0.3) is 12.4 Å². The molecule has 0 radical (unpaired) electrons. The third-order valence-electron chi connectivity index (χ3n) is 5.72. The minimum absolute atomic E-state index is 0.223. The first-order chi connectivity index (χ1) is 15.0. The Morgan fingerprint density at radius 2 is 2.10 bits per heavy atom. The van der Waals surface area contributed by atoms with Crippen LogP contribution < -0.4 is 0 Å². The van der Waals surface area contributed by atoms with Crippen LogP contribution in [0.4, 0.5) is 14.7 Å². The average molecular weight is 425 g/mol. The number of hydrogen-bond donors (Lipinski definition) is 1. The standard InChI is InChI=1S/C21H21F2N7O/c1-12-26-17-3-2-16(27-20(17)29(12)10-19(22)23)15-4-5-30-18(15)9-25-21(28-30)24-8-13-6-14(7-13)11-31/h2-5,8-9,13-14,19,31H,6-7,10-11H2,1H3/b24-8+. The molecule has 1 aliphatic rings. The Labute approximate surface area is 176 Å². The second-order valence-corrected chi connectivity index (χ2v) is 7.88. The second kappa shape index (κ2) is 7.77. The summed E-state index contributed by atoms with van der Waals surface area (Å²) in [4.78, 5) is 17.6. The molecule has 1 N–H and O–H groups in total. The molecule has 10 heteroatoms. The van der Waals surface area contributed by atoms with Crippen LogP contribution in [0.5, 0.6) is 0 Å². The smallest absolute Gasteiger partial charge is 0.266 e. The van der Waals surface area contributed by atoms with Crippen molar-refractivity contribution < 1.29 is 13.9 Å². The van der Waals surface area contributed by atoms with E-state index in [0.717, 1.165) is 23.9 Å². The maximum Gasteiger partial charge on any atom is 0.266 e. The molecule has 0 unspecified atom stereocenters. The van der Waals surface area contributed by atoms with Gasteiger partial charge in [-0.1, -0.05) is 0 Å². The number of aryl methyl sites for hydroxylation is 1. The average Bonchev–Trinajstić information content (AvgIpc) is 3.27. The zero-order chi connectivity index (χ0) is 21.5. The van der Waals surface area contributed by atoms with Crippen molar-refractivity contribution in [1.29, 1.82) is 0 Å². The molecule has 0 amide bonds. The van der Waals surface area contributed by atoms with Crippen molar-refractivity contribution >= 4 is 28.8 Å². The molecular weight excluding hydrogens is 404 g/mol. The number of fused-ring (bicyclic) bond motifs is 2. The Morgan fingerprint density at radius 1 is 1.26 bits per heavy atom. The SMILES string of the molecule is Cc1nc2ccc(-c3ccn4nc(/N=C/C5CC(CO)C5)ncc34)nc2n1CC(F)F. The quantitative estimate of drug-likeness (QED) is 0.478. The Kier molecular flexibility index (Phi) is 4.93. The second-order valence-electron chi connectivity index (χ2n) is 7.88. The maximum atomic E-state index is 13.0. The van der Waals surface area contributed by atoms with Gasteiger partial charge in [-0.3, -0.25) is 0 Å². The van der Waals surface area contributed by atoms with Crippen LogP contribution in [-0.2, 0) is 6.54 Å². The molecule has 4 aromatic rings. The molecule has 0 aliphatic heterocycles. The third kappa shape index (κ3) is 3.67. The first-order valence-electron chi connectivity index (χ1n) is 10.1. The fraction of sp³-hybridized carbons (Fsp3) is 0.381. The third-order valence-corrected chi connectivity index (χ3v) is 5.72. The highest BCUT2D eigenvalue weighted by molar-refractivity contribution is 5.82. The normalized spacial score (nSPS) is 19.1. The van der Waals surface area contributed by atoms with E-state index in [2.05, 4.69) is 25.0 Å². The number of rotatable bonds is 6. The highest BCUT2D eigenvalue weighted by atomic mass is 19.3. The van der Waals surface area contributed by atoms with Gasteiger partial charge in [0.15, 0.2) is 5.65 Å². The van der Waals surface area contributed by atoms with Crippen LogP contribution in [0, 0.1) is 18.8 Å². The van der Waals surface area contributed by atoms with E-state index in [1.807, 2.05) is 18.3 Å². The number of aliphatic hydroxyl groups is 1. The van der Waals surface area contributed by atoms with E-state index in [1.165, 1.54) is 4.57 Å². The largest absolute Gasteiger partial charge is 0.396 e. The lowest BCUT2D eigenvalue weighted by Crippen LogP contribution is -2.27. The van der Waals surface area contributed by atoms with Gasteiger partial charge >= 0.3 is 0 Å². The van der Waals surface area contributed by atoms with Gasteiger partial charge in [-0.25, -0.2) is 33.2 Å². The number of halogens is 2. The molecule has 4 aromatic heterocycles. The molecule has 160 valence electrons. The number of pyridine rings is 1. The summed E-state index contributed by atoms with van der Waals surface area (Å²) in [6.07, 6.45) is 4.71. The molecule has 1 saturated carbocycles. The van der Waals surface area contributed by atoms with Crippen LogP contribution in [-0.4, -0.2) is 53.5 Å². The van der Waals surface area contributed by atoms with E-state index in [4.69, 9.17) is 5.11 Å². The predicted molar refractivity (Wildman–Crippen MR) is 112 cm³/mol. The zero-order valence-electron chi connectivity index (χ0n) is 16.9. The number of nitrogens with zero attached hydrogens (tertiary/aromatic N) is 7. The van der Waals surface area contributed by atoms with E-state index in [-0.39, 0.29) is 6.61 Å². The maximum absolute atomic E-state index is 13.0. The van der Waals surface area contributed by atoms with Gasteiger partial charge in [0, 0.05) is 24.6 Å². The molecule has 0 saturated heterocycles. The predicted octanol–water partition coefficient (Wildman–Crippen LogP) is 3.44. The van der Waals surface area contributed by atoms with Crippen LogP contribution in [0.15, 0.2) is 35.6 Å². The summed E-state index contributed by atoms with van der Waals surface area (Å²) < 4.78 is 29.1. The van der Waals surface area contributed by atoms with Crippen molar-refractivity contribution in [2.45, 2.75) is 32.7 Å². The Balaban J connectivity index is 1.45. The highest BCUT2D eigenvalue weighted by Crippen LogP contribution is 2.32. The van der Waals surface area contributed by atoms with Crippen molar-refractivity contribution in [2.75, 3.05) is 6.61 Å². The number of aliphatic imine (C=N–C) groups is 1. The zero-order valence-corrected chi connectivity index (χ0v) is 16.9. The first-order valence-corrected chi connectivity index (χ1v) is 10.1. The van der Waals surface area contributed by atoms with E-state index in [9.17, 15) is 8.78 Å². The summed E-state index contributed by atoms with van der Waals surface area (Å²) in [5.41, 5.74) is 3.18. The van der Waals surface area contributed by atoms with Crippen LogP contribution in [0.3, 0.4) is 0 Å². The number of alkyl halides is 2. The fourth-order valence-corrected chi connectivity index (χ4v) is 4.02. The molecule has 0 bridgehead atoms. The molecule has 0 aromatic carbocycles. The van der Waals surface area contributed by atoms with E-state index < -0.39 is 13.0 Å². The van der Waals surface area contributed by atoms with Gasteiger partial charge in [-0.15, -0.1) is 5.10 Å². The van der Waals surface area contributed by atoms with Crippen molar-refractivity contribution in [3.05, 3.63) is 36.4 Å². The van der Waals surface area contributed by atoms with Crippen molar-refractivity contribution in [2.24, 2.45) is 16.8 Å². The molecule has 1 aliphatic carbocycles. The minimum Gasteiger partial charge on any atom is -0.396 e.